The minimum atomic E-state index is 0.545. The molecule has 1 aliphatic rings. The number of hydrogen-bond acceptors (Lipinski definition) is 1. The molecule has 0 unspecified atom stereocenters. The van der Waals surface area contributed by atoms with Crippen molar-refractivity contribution in [3.63, 3.8) is 0 Å². The van der Waals surface area contributed by atoms with Gasteiger partial charge in [-0.25, -0.2) is 0 Å². The molecular formula is C13H18ClN. The van der Waals surface area contributed by atoms with Crippen molar-refractivity contribution in [3.05, 3.63) is 34.9 Å². The zero-order valence-electron chi connectivity index (χ0n) is 9.22. The summed E-state index contributed by atoms with van der Waals surface area (Å²) in [5, 5.41) is 4.29. The standard InChI is InChI=1S/C13H18ClN/c1-2-15-10-13(7-8-13)9-11-3-5-12(14)6-4-11/h3-6,15H,2,7-10H2,1H3. The average Bonchev–Trinajstić information content (AvgIpc) is 3.00. The van der Waals surface area contributed by atoms with E-state index >= 15 is 0 Å². The summed E-state index contributed by atoms with van der Waals surface area (Å²) in [6.07, 6.45) is 3.92. The third kappa shape index (κ3) is 2.96. The van der Waals surface area contributed by atoms with Gasteiger partial charge in [0.2, 0.25) is 0 Å². The van der Waals surface area contributed by atoms with Crippen molar-refractivity contribution >= 4 is 11.6 Å². The maximum atomic E-state index is 5.87. The smallest absolute Gasteiger partial charge is 0.0406 e. The van der Waals surface area contributed by atoms with Crippen LogP contribution in [0.25, 0.3) is 0 Å². The van der Waals surface area contributed by atoms with E-state index in [9.17, 15) is 0 Å². The van der Waals surface area contributed by atoms with E-state index in [1.165, 1.54) is 24.8 Å². The minimum Gasteiger partial charge on any atom is -0.316 e. The summed E-state index contributed by atoms with van der Waals surface area (Å²) in [5.41, 5.74) is 1.96. The second-order valence-electron chi connectivity index (χ2n) is 4.58. The number of benzene rings is 1. The van der Waals surface area contributed by atoms with E-state index in [1.807, 2.05) is 12.1 Å². The van der Waals surface area contributed by atoms with Gasteiger partial charge in [0, 0.05) is 11.6 Å². The van der Waals surface area contributed by atoms with Crippen molar-refractivity contribution in [2.75, 3.05) is 13.1 Å². The van der Waals surface area contributed by atoms with Crippen LogP contribution in [0, 0.1) is 5.41 Å². The van der Waals surface area contributed by atoms with Crippen molar-refractivity contribution < 1.29 is 0 Å². The van der Waals surface area contributed by atoms with Crippen LogP contribution in [0.15, 0.2) is 24.3 Å². The van der Waals surface area contributed by atoms with Crippen molar-refractivity contribution in [2.24, 2.45) is 5.41 Å². The van der Waals surface area contributed by atoms with Crippen LogP contribution in [0.3, 0.4) is 0 Å². The molecule has 0 radical (unpaired) electrons. The Kier molecular flexibility index (Phi) is 3.32. The van der Waals surface area contributed by atoms with Crippen molar-refractivity contribution in [2.45, 2.75) is 26.2 Å². The summed E-state index contributed by atoms with van der Waals surface area (Å²) in [6.45, 7) is 4.40. The van der Waals surface area contributed by atoms with Gasteiger partial charge in [0.25, 0.3) is 0 Å². The van der Waals surface area contributed by atoms with E-state index in [0.29, 0.717) is 5.41 Å². The molecule has 1 fully saturated rings. The molecular weight excluding hydrogens is 206 g/mol. The topological polar surface area (TPSA) is 12.0 Å². The summed E-state index contributed by atoms with van der Waals surface area (Å²) >= 11 is 5.87. The van der Waals surface area contributed by atoms with Gasteiger partial charge in [-0.3, -0.25) is 0 Å². The molecule has 0 aromatic heterocycles. The highest BCUT2D eigenvalue weighted by atomic mass is 35.5. The van der Waals surface area contributed by atoms with E-state index in [4.69, 9.17) is 11.6 Å². The molecule has 0 spiro atoms. The van der Waals surface area contributed by atoms with E-state index in [0.717, 1.165) is 18.1 Å². The predicted octanol–water partition coefficient (Wildman–Crippen LogP) is 3.27. The number of halogens is 1. The van der Waals surface area contributed by atoms with Crippen LogP contribution in [0.5, 0.6) is 0 Å². The van der Waals surface area contributed by atoms with Gasteiger partial charge in [-0.15, -0.1) is 0 Å². The summed E-state index contributed by atoms with van der Waals surface area (Å²) in [4.78, 5) is 0. The third-order valence-electron chi connectivity index (χ3n) is 3.20. The Morgan fingerprint density at radius 2 is 1.93 bits per heavy atom. The van der Waals surface area contributed by atoms with E-state index in [1.54, 1.807) is 0 Å². The molecule has 2 rings (SSSR count). The van der Waals surface area contributed by atoms with E-state index in [-0.39, 0.29) is 0 Å². The number of hydrogen-bond donors (Lipinski definition) is 1. The lowest BCUT2D eigenvalue weighted by molar-refractivity contribution is 0.463. The molecule has 82 valence electrons. The molecule has 2 heteroatoms. The van der Waals surface area contributed by atoms with Crippen LogP contribution in [0.4, 0.5) is 0 Å². The first kappa shape index (κ1) is 11.0. The lowest BCUT2D eigenvalue weighted by Gasteiger charge is -2.15. The summed E-state index contributed by atoms with van der Waals surface area (Å²) in [7, 11) is 0. The van der Waals surface area contributed by atoms with Gasteiger partial charge in [-0.2, -0.15) is 0 Å². The lowest BCUT2D eigenvalue weighted by atomic mass is 9.96. The Labute approximate surface area is 96.8 Å². The molecule has 0 atom stereocenters. The van der Waals surface area contributed by atoms with Crippen LogP contribution in [0.2, 0.25) is 5.02 Å². The molecule has 0 bridgehead atoms. The monoisotopic (exact) mass is 223 g/mol. The Balaban J connectivity index is 1.93. The maximum absolute atomic E-state index is 5.87. The van der Waals surface area contributed by atoms with Crippen molar-refractivity contribution in [1.82, 2.24) is 5.32 Å². The molecule has 1 aromatic carbocycles. The summed E-state index contributed by atoms with van der Waals surface area (Å²) in [6, 6.07) is 8.27. The molecule has 0 aliphatic heterocycles. The lowest BCUT2D eigenvalue weighted by Crippen LogP contribution is -2.25. The Morgan fingerprint density at radius 1 is 1.27 bits per heavy atom. The van der Waals surface area contributed by atoms with Crippen molar-refractivity contribution in [3.8, 4) is 0 Å². The summed E-state index contributed by atoms with van der Waals surface area (Å²) in [5.74, 6) is 0. The molecule has 0 saturated heterocycles. The number of nitrogens with one attached hydrogen (secondary N) is 1. The molecule has 15 heavy (non-hydrogen) atoms. The fraction of sp³-hybridized carbons (Fsp3) is 0.538. The second kappa shape index (κ2) is 4.54. The second-order valence-corrected chi connectivity index (χ2v) is 5.02. The first-order chi connectivity index (χ1) is 7.24. The first-order valence-electron chi connectivity index (χ1n) is 5.69. The molecule has 1 N–H and O–H groups in total. The average molecular weight is 224 g/mol. The Bertz CT molecular complexity index is 314. The zero-order chi connectivity index (χ0) is 10.7. The zero-order valence-corrected chi connectivity index (χ0v) is 9.98. The number of rotatable bonds is 5. The fourth-order valence-corrected chi connectivity index (χ4v) is 2.14. The summed E-state index contributed by atoms with van der Waals surface area (Å²) < 4.78 is 0. The molecule has 1 nitrogen and oxygen atoms in total. The highest BCUT2D eigenvalue weighted by Gasteiger charge is 2.41. The van der Waals surface area contributed by atoms with Gasteiger partial charge in [0.05, 0.1) is 0 Å². The predicted molar refractivity (Wildman–Crippen MR) is 65.4 cm³/mol. The van der Waals surface area contributed by atoms with Gasteiger partial charge in [0.15, 0.2) is 0 Å². The van der Waals surface area contributed by atoms with E-state index < -0.39 is 0 Å². The van der Waals surface area contributed by atoms with Crippen LogP contribution in [-0.2, 0) is 6.42 Å². The molecule has 1 saturated carbocycles. The van der Waals surface area contributed by atoms with Crippen molar-refractivity contribution in [1.29, 1.82) is 0 Å². The maximum Gasteiger partial charge on any atom is 0.0406 e. The molecule has 0 heterocycles. The largest absolute Gasteiger partial charge is 0.316 e. The first-order valence-corrected chi connectivity index (χ1v) is 6.07. The molecule has 1 aromatic rings. The fourth-order valence-electron chi connectivity index (χ4n) is 2.02. The highest BCUT2D eigenvalue weighted by molar-refractivity contribution is 6.30. The SMILES string of the molecule is CCNCC1(Cc2ccc(Cl)cc2)CC1. The molecule has 1 aliphatic carbocycles. The minimum absolute atomic E-state index is 0.545. The van der Waals surface area contributed by atoms with Gasteiger partial charge in [-0.05, 0) is 48.9 Å². The normalized spacial score (nSPS) is 17.7. The Hall–Kier alpha value is -0.530. The quantitative estimate of drug-likeness (QED) is 0.808. The van der Waals surface area contributed by atoms with Crippen LogP contribution >= 0.6 is 11.6 Å². The van der Waals surface area contributed by atoms with Gasteiger partial charge < -0.3 is 5.32 Å². The Morgan fingerprint density at radius 3 is 2.47 bits per heavy atom. The van der Waals surface area contributed by atoms with Gasteiger partial charge in [0.1, 0.15) is 0 Å². The van der Waals surface area contributed by atoms with Gasteiger partial charge >= 0.3 is 0 Å². The van der Waals surface area contributed by atoms with Crippen LogP contribution in [-0.4, -0.2) is 13.1 Å². The highest BCUT2D eigenvalue weighted by Crippen LogP contribution is 2.47. The van der Waals surface area contributed by atoms with Gasteiger partial charge in [-0.1, -0.05) is 30.7 Å². The van der Waals surface area contributed by atoms with Crippen LogP contribution in [0.1, 0.15) is 25.3 Å². The third-order valence-corrected chi connectivity index (χ3v) is 3.45. The van der Waals surface area contributed by atoms with Crippen LogP contribution < -0.4 is 5.32 Å². The van der Waals surface area contributed by atoms with E-state index in [2.05, 4.69) is 24.4 Å². The molecule has 0 amide bonds.